The molecular weight excluding hydrogens is 238 g/mol. The standard InChI is InChI=1S/C14H17N5/c1-10-4-3-5-12(18-10)9-19(2)13-8-11(14(15)16)6-7-17-13/h3-8H,9H2,1-2H3,(H3,15,16). The van der Waals surface area contributed by atoms with E-state index in [-0.39, 0.29) is 5.84 Å². The van der Waals surface area contributed by atoms with Crippen LogP contribution < -0.4 is 10.6 Å². The third-order valence-corrected chi connectivity index (χ3v) is 2.79. The molecule has 5 heteroatoms. The molecule has 0 amide bonds. The Labute approximate surface area is 112 Å². The highest BCUT2D eigenvalue weighted by atomic mass is 15.2. The summed E-state index contributed by atoms with van der Waals surface area (Å²) in [6.07, 6.45) is 1.66. The normalized spacial score (nSPS) is 10.2. The average molecular weight is 255 g/mol. The molecular formula is C14H17N5. The van der Waals surface area contributed by atoms with E-state index in [9.17, 15) is 0 Å². The Bertz CT molecular complexity index is 594. The number of pyridine rings is 2. The molecule has 2 heterocycles. The topological polar surface area (TPSA) is 78.9 Å². The maximum Gasteiger partial charge on any atom is 0.129 e. The van der Waals surface area contributed by atoms with Gasteiger partial charge in [-0.15, -0.1) is 0 Å². The van der Waals surface area contributed by atoms with Crippen LogP contribution in [-0.4, -0.2) is 22.9 Å². The zero-order valence-corrected chi connectivity index (χ0v) is 11.1. The van der Waals surface area contributed by atoms with Gasteiger partial charge in [-0.25, -0.2) is 4.98 Å². The molecule has 2 rings (SSSR count). The first-order valence-electron chi connectivity index (χ1n) is 6.00. The summed E-state index contributed by atoms with van der Waals surface area (Å²) in [5, 5.41) is 7.44. The number of nitrogens with one attached hydrogen (secondary N) is 1. The first-order valence-corrected chi connectivity index (χ1v) is 6.00. The van der Waals surface area contributed by atoms with Crippen LogP contribution >= 0.6 is 0 Å². The average Bonchev–Trinajstić information content (AvgIpc) is 2.39. The van der Waals surface area contributed by atoms with Gasteiger partial charge in [-0.3, -0.25) is 10.4 Å². The fourth-order valence-electron chi connectivity index (χ4n) is 1.81. The number of rotatable bonds is 4. The molecule has 0 unspecified atom stereocenters. The van der Waals surface area contributed by atoms with Crippen molar-refractivity contribution in [3.8, 4) is 0 Å². The zero-order valence-electron chi connectivity index (χ0n) is 11.1. The highest BCUT2D eigenvalue weighted by Crippen LogP contribution is 2.13. The Kier molecular flexibility index (Phi) is 3.75. The number of anilines is 1. The van der Waals surface area contributed by atoms with Crippen molar-refractivity contribution in [2.24, 2.45) is 5.73 Å². The number of aryl methyl sites for hydroxylation is 1. The molecule has 0 bridgehead atoms. The highest BCUT2D eigenvalue weighted by Gasteiger charge is 2.06. The number of hydrogen-bond donors (Lipinski definition) is 2. The zero-order chi connectivity index (χ0) is 13.8. The van der Waals surface area contributed by atoms with Crippen LogP contribution in [0.25, 0.3) is 0 Å². The van der Waals surface area contributed by atoms with E-state index in [1.54, 1.807) is 18.3 Å². The molecule has 0 aromatic carbocycles. The van der Waals surface area contributed by atoms with Crippen molar-refractivity contribution in [2.45, 2.75) is 13.5 Å². The molecule has 0 radical (unpaired) electrons. The van der Waals surface area contributed by atoms with Crippen LogP contribution in [-0.2, 0) is 6.54 Å². The van der Waals surface area contributed by atoms with E-state index in [0.29, 0.717) is 12.1 Å². The van der Waals surface area contributed by atoms with Crippen molar-refractivity contribution in [1.29, 1.82) is 5.41 Å². The lowest BCUT2D eigenvalue weighted by molar-refractivity contribution is 0.859. The summed E-state index contributed by atoms with van der Waals surface area (Å²) in [5.41, 5.74) is 8.14. The summed E-state index contributed by atoms with van der Waals surface area (Å²) in [5.74, 6) is 0.821. The predicted octanol–water partition coefficient (Wildman–Crippen LogP) is 1.71. The molecule has 0 spiro atoms. The molecule has 0 aliphatic heterocycles. The van der Waals surface area contributed by atoms with E-state index in [1.807, 2.05) is 37.1 Å². The first kappa shape index (κ1) is 13.0. The van der Waals surface area contributed by atoms with E-state index < -0.39 is 0 Å². The molecule has 0 aliphatic rings. The van der Waals surface area contributed by atoms with Gasteiger partial charge < -0.3 is 10.6 Å². The fraction of sp³-hybridized carbons (Fsp3) is 0.214. The van der Waals surface area contributed by atoms with Gasteiger partial charge in [-0.1, -0.05) is 6.07 Å². The van der Waals surface area contributed by atoms with Gasteiger partial charge in [0.2, 0.25) is 0 Å². The molecule has 0 saturated heterocycles. The highest BCUT2D eigenvalue weighted by molar-refractivity contribution is 5.95. The molecule has 19 heavy (non-hydrogen) atoms. The Balaban J connectivity index is 2.18. The van der Waals surface area contributed by atoms with Crippen molar-refractivity contribution in [2.75, 3.05) is 11.9 Å². The van der Waals surface area contributed by atoms with E-state index >= 15 is 0 Å². The van der Waals surface area contributed by atoms with Crippen molar-refractivity contribution in [3.63, 3.8) is 0 Å². The molecule has 0 aliphatic carbocycles. The second-order valence-electron chi connectivity index (χ2n) is 4.44. The monoisotopic (exact) mass is 255 g/mol. The van der Waals surface area contributed by atoms with E-state index in [0.717, 1.165) is 17.2 Å². The SMILES string of the molecule is Cc1cccc(CN(C)c2cc(C(=N)N)ccn2)n1. The predicted molar refractivity (Wildman–Crippen MR) is 76.3 cm³/mol. The van der Waals surface area contributed by atoms with Crippen LogP contribution in [0.1, 0.15) is 17.0 Å². The van der Waals surface area contributed by atoms with Gasteiger partial charge in [0.15, 0.2) is 0 Å². The van der Waals surface area contributed by atoms with Gasteiger partial charge in [0, 0.05) is 24.5 Å². The summed E-state index contributed by atoms with van der Waals surface area (Å²) in [6.45, 7) is 2.63. The number of hydrogen-bond acceptors (Lipinski definition) is 4. The molecule has 0 fully saturated rings. The van der Waals surface area contributed by atoms with Crippen molar-refractivity contribution >= 4 is 11.7 Å². The second-order valence-corrected chi connectivity index (χ2v) is 4.44. The Morgan fingerprint density at radius 1 is 1.37 bits per heavy atom. The first-order chi connectivity index (χ1) is 9.06. The van der Waals surface area contributed by atoms with Crippen LogP contribution in [0.2, 0.25) is 0 Å². The summed E-state index contributed by atoms with van der Waals surface area (Å²) >= 11 is 0. The van der Waals surface area contributed by atoms with Gasteiger partial charge in [0.1, 0.15) is 11.7 Å². The van der Waals surface area contributed by atoms with Gasteiger partial charge in [0.25, 0.3) is 0 Å². The van der Waals surface area contributed by atoms with Gasteiger partial charge >= 0.3 is 0 Å². The maximum atomic E-state index is 7.44. The minimum Gasteiger partial charge on any atom is -0.384 e. The van der Waals surface area contributed by atoms with Gasteiger partial charge in [-0.2, -0.15) is 0 Å². The Morgan fingerprint density at radius 2 is 2.16 bits per heavy atom. The largest absolute Gasteiger partial charge is 0.384 e. The number of amidine groups is 1. The quantitative estimate of drug-likeness (QED) is 0.644. The van der Waals surface area contributed by atoms with Gasteiger partial charge in [0.05, 0.1) is 12.2 Å². The van der Waals surface area contributed by atoms with Crippen LogP contribution in [0.15, 0.2) is 36.5 Å². The summed E-state index contributed by atoms with van der Waals surface area (Å²) in [7, 11) is 1.94. The smallest absolute Gasteiger partial charge is 0.129 e. The van der Waals surface area contributed by atoms with E-state index in [2.05, 4.69) is 9.97 Å². The molecule has 2 aromatic heterocycles. The summed E-state index contributed by atoms with van der Waals surface area (Å²) in [6, 6.07) is 9.48. The lowest BCUT2D eigenvalue weighted by Gasteiger charge is -2.18. The number of nitrogens with zero attached hydrogens (tertiary/aromatic N) is 3. The molecule has 2 aromatic rings. The second kappa shape index (κ2) is 5.48. The third-order valence-electron chi connectivity index (χ3n) is 2.79. The number of nitrogen functional groups attached to an aromatic ring is 1. The third kappa shape index (κ3) is 3.28. The molecule has 0 atom stereocenters. The van der Waals surface area contributed by atoms with E-state index in [4.69, 9.17) is 11.1 Å². The number of aromatic nitrogens is 2. The summed E-state index contributed by atoms with van der Waals surface area (Å²) < 4.78 is 0. The van der Waals surface area contributed by atoms with E-state index in [1.165, 1.54) is 0 Å². The van der Waals surface area contributed by atoms with Crippen LogP contribution in [0.5, 0.6) is 0 Å². The lowest BCUT2D eigenvalue weighted by atomic mass is 10.2. The molecule has 0 saturated carbocycles. The maximum absolute atomic E-state index is 7.44. The molecule has 5 nitrogen and oxygen atoms in total. The minimum absolute atomic E-state index is 0.0470. The van der Waals surface area contributed by atoms with Gasteiger partial charge in [-0.05, 0) is 31.2 Å². The van der Waals surface area contributed by atoms with Crippen molar-refractivity contribution in [3.05, 3.63) is 53.5 Å². The van der Waals surface area contributed by atoms with Crippen molar-refractivity contribution < 1.29 is 0 Å². The molecule has 3 N–H and O–H groups in total. The van der Waals surface area contributed by atoms with Crippen molar-refractivity contribution in [1.82, 2.24) is 9.97 Å². The van der Waals surface area contributed by atoms with Crippen LogP contribution in [0, 0.1) is 12.3 Å². The lowest BCUT2D eigenvalue weighted by Crippen LogP contribution is -2.20. The summed E-state index contributed by atoms with van der Waals surface area (Å²) in [4.78, 5) is 10.7. The Hall–Kier alpha value is -2.43. The van der Waals surface area contributed by atoms with Crippen LogP contribution in [0.3, 0.4) is 0 Å². The minimum atomic E-state index is 0.0470. The number of nitrogens with two attached hydrogens (primary N) is 1. The Morgan fingerprint density at radius 3 is 2.84 bits per heavy atom. The molecule has 98 valence electrons. The van der Waals surface area contributed by atoms with Crippen LogP contribution in [0.4, 0.5) is 5.82 Å². The fourth-order valence-corrected chi connectivity index (χ4v) is 1.81.